The Balaban J connectivity index is 1.60. The molecule has 0 saturated carbocycles. The van der Waals surface area contributed by atoms with Crippen LogP contribution >= 0.6 is 0 Å². The lowest BCUT2D eigenvalue weighted by Gasteiger charge is -2.35. The van der Waals surface area contributed by atoms with Gasteiger partial charge in [-0.15, -0.1) is 0 Å². The summed E-state index contributed by atoms with van der Waals surface area (Å²) in [5, 5.41) is 9.63. The number of likely N-dealkylation sites (tertiary alicyclic amines) is 1. The molecule has 0 radical (unpaired) electrons. The van der Waals surface area contributed by atoms with Crippen molar-refractivity contribution in [3.63, 3.8) is 0 Å². The molecule has 1 aliphatic rings. The molecule has 3 aromatic carbocycles. The summed E-state index contributed by atoms with van der Waals surface area (Å²) >= 11 is 0. The maximum absolute atomic E-state index is 13.6. The first kappa shape index (κ1) is 24.9. The van der Waals surface area contributed by atoms with Gasteiger partial charge in [-0.1, -0.05) is 60.7 Å². The number of benzene rings is 3. The van der Waals surface area contributed by atoms with Crippen LogP contribution in [0.15, 0.2) is 77.7 Å². The summed E-state index contributed by atoms with van der Waals surface area (Å²) < 4.78 is 34.7. The first-order valence-corrected chi connectivity index (χ1v) is 13.6. The summed E-state index contributed by atoms with van der Waals surface area (Å²) in [5.74, 6) is -1.97. The number of hydrogen-bond donors (Lipinski definition) is 3. The molecular formula is C27H31N5O4S. The van der Waals surface area contributed by atoms with Crippen LogP contribution in [0.4, 0.5) is 0 Å². The minimum Gasteiger partial charge on any atom is -0.370 e. The fourth-order valence-electron chi connectivity index (χ4n) is 4.55. The lowest BCUT2D eigenvalue weighted by atomic mass is 10.0. The summed E-state index contributed by atoms with van der Waals surface area (Å²) in [6.45, 7) is 0.156. The molecule has 1 atom stereocenters. The van der Waals surface area contributed by atoms with Crippen LogP contribution in [0, 0.1) is 5.41 Å². The molecule has 4 rings (SSSR count). The van der Waals surface area contributed by atoms with Crippen LogP contribution in [0.5, 0.6) is 0 Å². The SMILES string of the molecule is [2H]N(CC(=O)N(C(=N)N)[C@@H](Cc1ccccc1)C(=O)N1CCCCC1)S(=O)(=O)c1ccc2ccccc2c1. The highest BCUT2D eigenvalue weighted by molar-refractivity contribution is 7.89. The third-order valence-electron chi connectivity index (χ3n) is 6.45. The number of sulfonamides is 1. The van der Waals surface area contributed by atoms with Gasteiger partial charge in [-0.2, -0.15) is 0 Å². The van der Waals surface area contributed by atoms with E-state index in [9.17, 15) is 18.0 Å². The molecule has 0 aromatic heterocycles. The topological polar surface area (TPSA) is 137 Å². The van der Waals surface area contributed by atoms with Crippen LogP contribution in [0.3, 0.4) is 0 Å². The maximum Gasteiger partial charge on any atom is 0.246 e. The number of carbonyl (C=O) groups excluding carboxylic acids is 2. The molecule has 4 N–H and O–H groups in total. The highest BCUT2D eigenvalue weighted by Crippen LogP contribution is 2.20. The third-order valence-corrected chi connectivity index (χ3v) is 7.77. The number of rotatable bonds is 8. The smallest absolute Gasteiger partial charge is 0.246 e. The zero-order valence-corrected chi connectivity index (χ0v) is 21.2. The third kappa shape index (κ3) is 6.33. The van der Waals surface area contributed by atoms with Crippen LogP contribution in [0.1, 0.15) is 24.8 Å². The zero-order chi connectivity index (χ0) is 27.3. The Hall–Kier alpha value is -3.76. The van der Waals surface area contributed by atoms with E-state index in [1.165, 1.54) is 12.1 Å². The van der Waals surface area contributed by atoms with E-state index in [0.717, 1.165) is 35.1 Å². The van der Waals surface area contributed by atoms with Gasteiger partial charge in [-0.25, -0.2) is 13.1 Å². The minimum absolute atomic E-state index is 0.0942. The number of hydrogen-bond acceptors (Lipinski definition) is 5. The maximum atomic E-state index is 13.6. The van der Waals surface area contributed by atoms with Gasteiger partial charge in [0.1, 0.15) is 7.45 Å². The molecule has 194 valence electrons. The summed E-state index contributed by atoms with van der Waals surface area (Å²) in [5.41, 5.74) is 6.56. The summed E-state index contributed by atoms with van der Waals surface area (Å²) in [6.07, 6.45) is 2.77. The van der Waals surface area contributed by atoms with Gasteiger partial charge in [0.2, 0.25) is 21.8 Å². The lowest BCUT2D eigenvalue weighted by molar-refractivity contribution is -0.142. The number of amides is 2. The van der Waals surface area contributed by atoms with E-state index in [4.69, 9.17) is 12.6 Å². The summed E-state index contributed by atoms with van der Waals surface area (Å²) in [6, 6.07) is 19.6. The number of nitrogens with one attached hydrogen (secondary N) is 2. The van der Waals surface area contributed by atoms with E-state index in [1.54, 1.807) is 47.4 Å². The summed E-state index contributed by atoms with van der Waals surface area (Å²) in [7, 11) is -4.36. The fourth-order valence-corrected chi connectivity index (χ4v) is 5.49. The van der Waals surface area contributed by atoms with E-state index < -0.39 is 34.5 Å². The van der Waals surface area contributed by atoms with Crippen molar-refractivity contribution in [1.29, 1.82) is 5.41 Å². The summed E-state index contributed by atoms with van der Waals surface area (Å²) in [4.78, 5) is 29.3. The van der Waals surface area contributed by atoms with Gasteiger partial charge in [0.25, 0.3) is 0 Å². The monoisotopic (exact) mass is 522 g/mol. The quantitative estimate of drug-likeness (QED) is 0.308. The predicted octanol–water partition coefficient (Wildman–Crippen LogP) is 2.46. The molecule has 1 heterocycles. The van der Waals surface area contributed by atoms with Gasteiger partial charge in [0.15, 0.2) is 5.96 Å². The number of nitrogens with zero attached hydrogens (tertiary/aromatic N) is 2. The Labute approximate surface area is 218 Å². The van der Waals surface area contributed by atoms with Crippen molar-refractivity contribution in [2.24, 2.45) is 5.73 Å². The van der Waals surface area contributed by atoms with Crippen molar-refractivity contribution in [2.45, 2.75) is 36.6 Å². The van der Waals surface area contributed by atoms with Gasteiger partial charge in [-0.05, 0) is 47.7 Å². The van der Waals surface area contributed by atoms with Crippen molar-refractivity contribution in [2.75, 3.05) is 19.6 Å². The van der Waals surface area contributed by atoms with Crippen LogP contribution in [-0.4, -0.2) is 61.7 Å². The second-order valence-electron chi connectivity index (χ2n) is 9.01. The average Bonchev–Trinajstić information content (AvgIpc) is 2.92. The van der Waals surface area contributed by atoms with Gasteiger partial charge in [-0.3, -0.25) is 19.9 Å². The van der Waals surface area contributed by atoms with E-state index in [0.29, 0.717) is 18.5 Å². The largest absolute Gasteiger partial charge is 0.370 e. The van der Waals surface area contributed by atoms with E-state index in [-0.39, 0.29) is 21.9 Å². The van der Waals surface area contributed by atoms with Crippen LogP contribution in [0.2, 0.25) is 1.41 Å². The first-order valence-electron chi connectivity index (χ1n) is 12.6. The second-order valence-corrected chi connectivity index (χ2v) is 10.7. The van der Waals surface area contributed by atoms with Gasteiger partial charge in [0, 0.05) is 19.5 Å². The van der Waals surface area contributed by atoms with Crippen molar-refractivity contribution >= 4 is 38.6 Å². The molecule has 0 bridgehead atoms. The van der Waals surface area contributed by atoms with Crippen molar-refractivity contribution in [3.8, 4) is 0 Å². The highest BCUT2D eigenvalue weighted by Gasteiger charge is 2.35. The molecule has 0 aliphatic carbocycles. The Bertz CT molecular complexity index is 1430. The highest BCUT2D eigenvalue weighted by atomic mass is 32.2. The number of carbonyl (C=O) groups is 2. The fraction of sp³-hybridized carbons (Fsp3) is 0.296. The molecule has 0 unspecified atom stereocenters. The number of guanidine groups is 1. The molecule has 1 aliphatic heterocycles. The van der Waals surface area contributed by atoms with Crippen LogP contribution < -0.4 is 10.4 Å². The number of piperidine rings is 1. The molecule has 37 heavy (non-hydrogen) atoms. The Morgan fingerprint density at radius 2 is 1.65 bits per heavy atom. The Morgan fingerprint density at radius 3 is 2.32 bits per heavy atom. The zero-order valence-electron chi connectivity index (χ0n) is 21.4. The van der Waals surface area contributed by atoms with E-state index in [2.05, 4.69) is 0 Å². The molecule has 1 fully saturated rings. The molecule has 0 spiro atoms. The minimum atomic E-state index is -4.36. The molecule has 9 nitrogen and oxygen atoms in total. The van der Waals surface area contributed by atoms with Crippen LogP contribution in [-0.2, 0) is 26.0 Å². The van der Waals surface area contributed by atoms with E-state index >= 15 is 0 Å². The predicted molar refractivity (Wildman–Crippen MR) is 142 cm³/mol. The number of nitrogens with two attached hydrogens (primary N) is 1. The lowest BCUT2D eigenvalue weighted by Crippen LogP contribution is -2.58. The van der Waals surface area contributed by atoms with Crippen molar-refractivity contribution in [1.82, 2.24) is 14.5 Å². The average molecular weight is 523 g/mol. The van der Waals surface area contributed by atoms with E-state index in [1.807, 2.05) is 18.2 Å². The molecule has 1 saturated heterocycles. The van der Waals surface area contributed by atoms with Crippen molar-refractivity contribution in [3.05, 3.63) is 78.4 Å². The van der Waals surface area contributed by atoms with Gasteiger partial charge in [0.05, 0.1) is 11.4 Å². The van der Waals surface area contributed by atoms with Gasteiger partial charge < -0.3 is 10.6 Å². The molecule has 3 aromatic rings. The number of fused-ring (bicyclic) bond motifs is 1. The van der Waals surface area contributed by atoms with Gasteiger partial charge >= 0.3 is 0 Å². The Morgan fingerprint density at radius 1 is 1.00 bits per heavy atom. The molecule has 2 amide bonds. The molecule has 10 heteroatoms. The van der Waals surface area contributed by atoms with Crippen LogP contribution in [0.25, 0.3) is 10.8 Å². The standard InChI is InChI=1S/C27H31N5O4S/c28-27(29)32(24(17-20-9-3-1-4-10-20)26(34)31-15-7-2-8-16-31)25(33)19-30-37(35,36)23-14-13-21-11-5-6-12-22(21)18-23/h1,3-6,9-14,18,24,30H,2,7-8,15-17,19H2,(H3,28,29)/t24-/m0/s1/i/hD. The molecular weight excluding hydrogens is 490 g/mol. The normalized spacial score (nSPS) is 15.3. The second kappa shape index (κ2) is 11.5. The first-order chi connectivity index (χ1) is 18.2. The van der Waals surface area contributed by atoms with Crippen molar-refractivity contribution < 1.29 is 19.4 Å². The Kier molecular flexibility index (Phi) is 7.76.